The zero-order valence-electron chi connectivity index (χ0n) is 12.5. The van der Waals surface area contributed by atoms with Gasteiger partial charge in [-0.1, -0.05) is 24.3 Å². The Hall–Kier alpha value is -2.18. The van der Waals surface area contributed by atoms with Gasteiger partial charge in [0.1, 0.15) is 16.9 Å². The third-order valence-electron chi connectivity index (χ3n) is 3.49. The van der Waals surface area contributed by atoms with Gasteiger partial charge < -0.3 is 14.8 Å². The summed E-state index contributed by atoms with van der Waals surface area (Å²) in [5.41, 5.74) is 2.52. The molecule has 3 aromatic rings. The second-order valence-corrected chi connectivity index (χ2v) is 6.69. The van der Waals surface area contributed by atoms with Crippen LogP contribution in [0.15, 0.2) is 46.9 Å². The van der Waals surface area contributed by atoms with E-state index in [0.29, 0.717) is 5.75 Å². The standard InChI is InChI=1S/C17H17NO4S/c19-8-7-18-17(20)11-23(21)10-12-5-6-16-14(9-12)13-3-1-2-4-15(13)22-16/h1-6,9,19H,7-8,10-11H2,(H,18,20). The van der Waals surface area contributed by atoms with Crippen molar-refractivity contribution in [3.8, 4) is 0 Å². The summed E-state index contributed by atoms with van der Waals surface area (Å²) in [4.78, 5) is 11.5. The summed E-state index contributed by atoms with van der Waals surface area (Å²) in [7, 11) is -1.29. The fourth-order valence-corrected chi connectivity index (χ4v) is 3.54. The van der Waals surface area contributed by atoms with Crippen molar-refractivity contribution in [2.45, 2.75) is 5.75 Å². The van der Waals surface area contributed by atoms with Crippen LogP contribution in [0.4, 0.5) is 0 Å². The molecular weight excluding hydrogens is 314 g/mol. The van der Waals surface area contributed by atoms with Gasteiger partial charge in [-0.05, 0) is 23.8 Å². The molecule has 5 nitrogen and oxygen atoms in total. The van der Waals surface area contributed by atoms with Crippen molar-refractivity contribution in [2.75, 3.05) is 18.9 Å². The monoisotopic (exact) mass is 331 g/mol. The van der Waals surface area contributed by atoms with Crippen molar-refractivity contribution in [1.29, 1.82) is 0 Å². The van der Waals surface area contributed by atoms with Crippen LogP contribution in [-0.4, -0.2) is 34.1 Å². The minimum absolute atomic E-state index is 0.0653. The number of hydrogen-bond donors (Lipinski definition) is 2. The molecule has 0 fully saturated rings. The maximum Gasteiger partial charge on any atom is 0.232 e. The predicted octanol–water partition coefficient (Wildman–Crippen LogP) is 1.94. The van der Waals surface area contributed by atoms with Crippen molar-refractivity contribution in [2.24, 2.45) is 0 Å². The molecule has 2 aromatic carbocycles. The second kappa shape index (κ2) is 6.93. The Morgan fingerprint density at radius 1 is 1.13 bits per heavy atom. The van der Waals surface area contributed by atoms with E-state index in [-0.39, 0.29) is 24.8 Å². The van der Waals surface area contributed by atoms with Crippen molar-refractivity contribution in [3.63, 3.8) is 0 Å². The number of furan rings is 1. The molecule has 0 aliphatic rings. The van der Waals surface area contributed by atoms with Crippen molar-refractivity contribution < 1.29 is 18.5 Å². The average Bonchev–Trinajstić information content (AvgIpc) is 2.91. The molecule has 0 saturated carbocycles. The summed E-state index contributed by atoms with van der Waals surface area (Å²) >= 11 is 0. The molecule has 6 heteroatoms. The molecule has 0 radical (unpaired) electrons. The zero-order valence-corrected chi connectivity index (χ0v) is 13.3. The largest absolute Gasteiger partial charge is 0.456 e. The van der Waals surface area contributed by atoms with Crippen molar-refractivity contribution >= 4 is 38.6 Å². The van der Waals surface area contributed by atoms with Crippen molar-refractivity contribution in [1.82, 2.24) is 5.32 Å². The van der Waals surface area contributed by atoms with E-state index in [4.69, 9.17) is 9.52 Å². The zero-order chi connectivity index (χ0) is 16.2. The fraction of sp³-hybridized carbons (Fsp3) is 0.235. The van der Waals surface area contributed by atoms with Gasteiger partial charge in [-0.3, -0.25) is 9.00 Å². The lowest BCUT2D eigenvalue weighted by Crippen LogP contribution is -2.30. The number of rotatable bonds is 6. The average molecular weight is 331 g/mol. The number of fused-ring (bicyclic) bond motifs is 3. The topological polar surface area (TPSA) is 79.5 Å². The van der Waals surface area contributed by atoms with Gasteiger partial charge in [0, 0.05) is 33.9 Å². The van der Waals surface area contributed by atoms with Crippen LogP contribution >= 0.6 is 0 Å². The fourth-order valence-electron chi connectivity index (χ4n) is 2.49. The number of carbonyl (C=O) groups is 1. The minimum atomic E-state index is -1.29. The lowest BCUT2D eigenvalue weighted by Gasteiger charge is -2.04. The lowest BCUT2D eigenvalue weighted by molar-refractivity contribution is -0.118. The summed E-state index contributed by atoms with van der Waals surface area (Å²) in [6, 6.07) is 13.5. The van der Waals surface area contributed by atoms with E-state index < -0.39 is 10.8 Å². The van der Waals surface area contributed by atoms with Crippen LogP contribution in [0.25, 0.3) is 21.9 Å². The molecule has 0 bridgehead atoms. The molecular formula is C17H17NO4S. The van der Waals surface area contributed by atoms with E-state index in [1.807, 2.05) is 42.5 Å². The van der Waals surface area contributed by atoms with E-state index in [2.05, 4.69) is 5.32 Å². The molecule has 1 amide bonds. The number of para-hydroxylation sites is 1. The third-order valence-corrected chi connectivity index (χ3v) is 4.73. The molecule has 0 aliphatic heterocycles. The number of aliphatic hydroxyl groups is 1. The number of amides is 1. The summed E-state index contributed by atoms with van der Waals surface area (Å²) in [6.07, 6.45) is 0. The van der Waals surface area contributed by atoms with Crippen LogP contribution in [0.2, 0.25) is 0 Å². The van der Waals surface area contributed by atoms with Gasteiger partial charge in [0.15, 0.2) is 0 Å². The number of aliphatic hydroxyl groups excluding tert-OH is 1. The number of hydrogen-bond acceptors (Lipinski definition) is 4. The van der Waals surface area contributed by atoms with E-state index in [0.717, 1.165) is 27.5 Å². The summed E-state index contributed by atoms with van der Waals surface area (Å²) in [6.45, 7) is 0.0611. The lowest BCUT2D eigenvalue weighted by atomic mass is 10.1. The van der Waals surface area contributed by atoms with Crippen LogP contribution in [0.1, 0.15) is 5.56 Å². The molecule has 1 unspecified atom stereocenters. The Kier molecular flexibility index (Phi) is 4.73. The highest BCUT2D eigenvalue weighted by Gasteiger charge is 2.11. The molecule has 0 saturated heterocycles. The molecule has 1 atom stereocenters. The normalized spacial score (nSPS) is 12.6. The Balaban J connectivity index is 1.76. The first-order valence-electron chi connectivity index (χ1n) is 7.30. The Morgan fingerprint density at radius 3 is 2.74 bits per heavy atom. The van der Waals surface area contributed by atoms with Gasteiger partial charge in [0.2, 0.25) is 5.91 Å². The molecule has 1 heterocycles. The number of benzene rings is 2. The highest BCUT2D eigenvalue weighted by molar-refractivity contribution is 7.84. The van der Waals surface area contributed by atoms with Gasteiger partial charge in [-0.2, -0.15) is 0 Å². The van der Waals surface area contributed by atoms with E-state index in [1.165, 1.54) is 0 Å². The number of carbonyl (C=O) groups excluding carboxylic acids is 1. The van der Waals surface area contributed by atoms with Gasteiger partial charge in [0.25, 0.3) is 0 Å². The Morgan fingerprint density at radius 2 is 1.91 bits per heavy atom. The van der Waals surface area contributed by atoms with Crippen molar-refractivity contribution in [3.05, 3.63) is 48.0 Å². The van der Waals surface area contributed by atoms with Crippen LogP contribution in [-0.2, 0) is 21.3 Å². The first kappa shape index (κ1) is 15.7. The maximum atomic E-state index is 12.1. The van der Waals surface area contributed by atoms with E-state index in [1.54, 1.807) is 0 Å². The molecule has 1 aromatic heterocycles. The molecule has 2 N–H and O–H groups in total. The quantitative estimate of drug-likeness (QED) is 0.723. The van der Waals surface area contributed by atoms with Crippen LogP contribution in [0.3, 0.4) is 0 Å². The van der Waals surface area contributed by atoms with Gasteiger partial charge >= 0.3 is 0 Å². The summed E-state index contributed by atoms with van der Waals surface area (Å²) in [5.74, 6) is -0.0705. The SMILES string of the molecule is O=C(CS(=O)Cc1ccc2oc3ccccc3c2c1)NCCO. The Labute approximate surface area is 135 Å². The summed E-state index contributed by atoms with van der Waals surface area (Å²) in [5, 5.41) is 13.2. The third kappa shape index (κ3) is 3.60. The number of nitrogens with one attached hydrogen (secondary N) is 1. The minimum Gasteiger partial charge on any atom is -0.456 e. The first-order chi connectivity index (χ1) is 11.2. The molecule has 0 aliphatic carbocycles. The van der Waals surface area contributed by atoms with Crippen LogP contribution in [0, 0.1) is 0 Å². The Bertz CT molecular complexity index is 871. The summed E-state index contributed by atoms with van der Waals surface area (Å²) < 4.78 is 17.8. The molecule has 120 valence electrons. The van der Waals surface area contributed by atoms with Gasteiger partial charge in [-0.15, -0.1) is 0 Å². The molecule has 0 spiro atoms. The van der Waals surface area contributed by atoms with Gasteiger partial charge in [-0.25, -0.2) is 0 Å². The first-order valence-corrected chi connectivity index (χ1v) is 8.79. The van der Waals surface area contributed by atoms with E-state index >= 15 is 0 Å². The molecule has 23 heavy (non-hydrogen) atoms. The smallest absolute Gasteiger partial charge is 0.232 e. The maximum absolute atomic E-state index is 12.1. The van der Waals surface area contributed by atoms with E-state index in [9.17, 15) is 9.00 Å². The van der Waals surface area contributed by atoms with Gasteiger partial charge in [0.05, 0.1) is 6.61 Å². The van der Waals surface area contributed by atoms with Crippen LogP contribution in [0.5, 0.6) is 0 Å². The highest BCUT2D eigenvalue weighted by atomic mass is 32.2. The predicted molar refractivity (Wildman–Crippen MR) is 90.5 cm³/mol. The second-order valence-electron chi connectivity index (χ2n) is 5.23. The van der Waals surface area contributed by atoms with Crippen LogP contribution < -0.4 is 5.32 Å². The molecule has 3 rings (SSSR count). The highest BCUT2D eigenvalue weighted by Crippen LogP contribution is 2.29.